The van der Waals surface area contributed by atoms with Crippen LogP contribution in [-0.4, -0.2) is 27.6 Å². The molecule has 17 heavy (non-hydrogen) atoms. The Kier molecular flexibility index (Phi) is 4.02. The van der Waals surface area contributed by atoms with Crippen LogP contribution < -0.4 is 10.6 Å². The largest absolute Gasteiger partial charge is 0.335 e. The van der Waals surface area contributed by atoms with Crippen molar-refractivity contribution in [3.05, 3.63) is 17.8 Å². The molecule has 1 aromatic heterocycles. The average molecular weight is 275 g/mol. The maximum atomic E-state index is 11.3. The third-order valence-electron chi connectivity index (χ3n) is 2.34. The van der Waals surface area contributed by atoms with Crippen molar-refractivity contribution in [1.82, 2.24) is 15.5 Å². The van der Waals surface area contributed by atoms with Crippen LogP contribution >= 0.6 is 23.2 Å². The summed E-state index contributed by atoms with van der Waals surface area (Å²) in [7, 11) is 0. The number of alkyl halides is 2. The van der Waals surface area contributed by atoms with E-state index >= 15 is 0 Å². The van der Waals surface area contributed by atoms with Gasteiger partial charge >= 0.3 is 6.03 Å². The number of nitrogens with one attached hydrogen (secondary N) is 2. The normalized spacial score (nSPS) is 14.8. The zero-order chi connectivity index (χ0) is 12.3. The lowest BCUT2D eigenvalue weighted by molar-refractivity contribution is 0.252. The number of hydrogen-bond donors (Lipinski definition) is 2. The third-order valence-corrected chi connectivity index (χ3v) is 2.65. The number of hydrogen-bond acceptors (Lipinski definition) is 3. The second-order valence-electron chi connectivity index (χ2n) is 3.84. The summed E-state index contributed by atoms with van der Waals surface area (Å²) in [5, 5.41) is 13.0. The first-order valence-corrected chi connectivity index (χ1v) is 6.19. The van der Waals surface area contributed by atoms with Crippen LogP contribution in [0.1, 0.15) is 24.5 Å². The second-order valence-corrected chi connectivity index (χ2v) is 5.12. The van der Waals surface area contributed by atoms with E-state index in [2.05, 4.69) is 20.8 Å². The SMILES string of the molecule is O=C(NCC(Cl)Cl)Nc1ccc(C2CC2)nn1. The monoisotopic (exact) mass is 274 g/mol. The lowest BCUT2D eigenvalue weighted by Gasteiger charge is -2.06. The Balaban J connectivity index is 1.83. The molecule has 0 radical (unpaired) electrons. The summed E-state index contributed by atoms with van der Waals surface area (Å²) in [6.07, 6.45) is 2.35. The van der Waals surface area contributed by atoms with Gasteiger partial charge in [0, 0.05) is 12.5 Å². The Morgan fingerprint density at radius 2 is 2.18 bits per heavy atom. The number of urea groups is 1. The van der Waals surface area contributed by atoms with E-state index in [0.29, 0.717) is 11.7 Å². The Morgan fingerprint density at radius 1 is 1.41 bits per heavy atom. The molecule has 7 heteroatoms. The van der Waals surface area contributed by atoms with Gasteiger partial charge in [0.05, 0.1) is 5.69 Å². The van der Waals surface area contributed by atoms with Crippen molar-refractivity contribution in [3.8, 4) is 0 Å². The van der Waals surface area contributed by atoms with Gasteiger partial charge in [0.2, 0.25) is 0 Å². The number of rotatable bonds is 4. The van der Waals surface area contributed by atoms with E-state index in [0.717, 1.165) is 5.69 Å². The van der Waals surface area contributed by atoms with Gasteiger partial charge in [-0.1, -0.05) is 0 Å². The van der Waals surface area contributed by atoms with Crippen molar-refractivity contribution in [2.45, 2.75) is 23.6 Å². The summed E-state index contributed by atoms with van der Waals surface area (Å²) in [6, 6.07) is 3.22. The van der Waals surface area contributed by atoms with Crippen LogP contribution in [0.3, 0.4) is 0 Å². The van der Waals surface area contributed by atoms with E-state index in [1.165, 1.54) is 12.8 Å². The molecule has 0 aliphatic heterocycles. The molecule has 2 N–H and O–H groups in total. The minimum atomic E-state index is -0.621. The average Bonchev–Trinajstić information content (AvgIpc) is 3.11. The number of anilines is 1. The lowest BCUT2D eigenvalue weighted by atomic mass is 10.3. The molecule has 92 valence electrons. The van der Waals surface area contributed by atoms with Crippen molar-refractivity contribution in [1.29, 1.82) is 0 Å². The fourth-order valence-corrected chi connectivity index (χ4v) is 1.49. The molecule has 1 aliphatic rings. The maximum Gasteiger partial charge on any atom is 0.320 e. The molecular formula is C10H12Cl2N4O. The molecule has 0 aromatic carbocycles. The van der Waals surface area contributed by atoms with Gasteiger partial charge in [0.15, 0.2) is 5.82 Å². The number of halogens is 2. The molecule has 0 saturated heterocycles. The van der Waals surface area contributed by atoms with Gasteiger partial charge in [-0.2, -0.15) is 5.10 Å². The molecule has 0 bridgehead atoms. The first-order chi connectivity index (χ1) is 8.15. The zero-order valence-corrected chi connectivity index (χ0v) is 10.5. The molecule has 1 saturated carbocycles. The highest BCUT2D eigenvalue weighted by atomic mass is 35.5. The van der Waals surface area contributed by atoms with Crippen molar-refractivity contribution in [2.75, 3.05) is 11.9 Å². The number of nitrogens with zero attached hydrogens (tertiary/aromatic N) is 2. The van der Waals surface area contributed by atoms with Gasteiger partial charge in [-0.3, -0.25) is 5.32 Å². The van der Waals surface area contributed by atoms with Gasteiger partial charge in [-0.25, -0.2) is 4.79 Å². The van der Waals surface area contributed by atoms with E-state index < -0.39 is 10.9 Å². The minimum Gasteiger partial charge on any atom is -0.335 e. The lowest BCUT2D eigenvalue weighted by Crippen LogP contribution is -2.32. The number of aromatic nitrogens is 2. The van der Waals surface area contributed by atoms with Gasteiger partial charge in [0.1, 0.15) is 4.84 Å². The summed E-state index contributed by atoms with van der Waals surface area (Å²) in [5.74, 6) is 0.964. The Bertz CT molecular complexity index is 392. The second kappa shape index (κ2) is 5.51. The molecule has 1 heterocycles. The molecule has 1 aromatic rings. The molecule has 5 nitrogen and oxygen atoms in total. The molecular weight excluding hydrogens is 263 g/mol. The van der Waals surface area contributed by atoms with Gasteiger partial charge in [-0.05, 0) is 25.0 Å². The van der Waals surface area contributed by atoms with E-state index in [9.17, 15) is 4.79 Å². The zero-order valence-electron chi connectivity index (χ0n) is 8.99. The number of carbonyl (C=O) groups excluding carboxylic acids is 1. The smallest absolute Gasteiger partial charge is 0.320 e. The molecule has 1 aliphatic carbocycles. The van der Waals surface area contributed by atoms with Crippen LogP contribution in [0.2, 0.25) is 0 Å². The van der Waals surface area contributed by atoms with Gasteiger partial charge < -0.3 is 5.32 Å². The Hall–Kier alpha value is -1.07. The summed E-state index contributed by atoms with van der Waals surface area (Å²) < 4.78 is 0. The predicted molar refractivity (Wildman–Crippen MR) is 66.5 cm³/mol. The highest BCUT2D eigenvalue weighted by Crippen LogP contribution is 2.38. The van der Waals surface area contributed by atoms with E-state index in [1.54, 1.807) is 6.07 Å². The quantitative estimate of drug-likeness (QED) is 0.828. The van der Waals surface area contributed by atoms with E-state index in [1.807, 2.05) is 6.07 Å². The van der Waals surface area contributed by atoms with Crippen LogP contribution in [0.5, 0.6) is 0 Å². The van der Waals surface area contributed by atoms with Crippen LogP contribution in [0.4, 0.5) is 10.6 Å². The van der Waals surface area contributed by atoms with E-state index in [4.69, 9.17) is 23.2 Å². The van der Waals surface area contributed by atoms with Gasteiger partial charge in [0.25, 0.3) is 0 Å². The van der Waals surface area contributed by atoms with Crippen LogP contribution in [0, 0.1) is 0 Å². The summed E-state index contributed by atoms with van der Waals surface area (Å²) in [5.41, 5.74) is 0.984. The molecule has 2 amide bonds. The van der Waals surface area contributed by atoms with Crippen molar-refractivity contribution in [2.24, 2.45) is 0 Å². The third kappa shape index (κ3) is 4.02. The molecule has 2 rings (SSSR count). The Labute approximate surface area is 109 Å². The van der Waals surface area contributed by atoms with Crippen molar-refractivity contribution in [3.63, 3.8) is 0 Å². The van der Waals surface area contributed by atoms with Crippen LogP contribution in [-0.2, 0) is 0 Å². The Morgan fingerprint density at radius 3 is 2.71 bits per heavy atom. The summed E-state index contributed by atoms with van der Waals surface area (Å²) in [6.45, 7) is 0.183. The van der Waals surface area contributed by atoms with Crippen molar-refractivity contribution < 1.29 is 4.79 Å². The predicted octanol–water partition coefficient (Wildman–Crippen LogP) is 2.28. The topological polar surface area (TPSA) is 66.9 Å². The highest BCUT2D eigenvalue weighted by molar-refractivity contribution is 6.44. The van der Waals surface area contributed by atoms with Gasteiger partial charge in [-0.15, -0.1) is 28.3 Å². The van der Waals surface area contributed by atoms with Crippen LogP contribution in [0.25, 0.3) is 0 Å². The standard InChI is InChI=1S/C10H12Cl2N4O/c11-8(12)5-13-10(17)14-9-4-3-7(15-16-9)6-1-2-6/h3-4,6,8H,1-2,5H2,(H2,13,14,16,17). The molecule has 0 unspecified atom stereocenters. The molecule has 1 fully saturated rings. The first-order valence-electron chi connectivity index (χ1n) is 5.32. The number of amides is 2. The molecule has 0 spiro atoms. The fraction of sp³-hybridized carbons (Fsp3) is 0.500. The number of carbonyl (C=O) groups is 1. The highest BCUT2D eigenvalue weighted by Gasteiger charge is 2.25. The maximum absolute atomic E-state index is 11.3. The molecule has 0 atom stereocenters. The summed E-state index contributed by atoms with van der Waals surface area (Å²) in [4.78, 5) is 10.7. The van der Waals surface area contributed by atoms with Crippen molar-refractivity contribution >= 4 is 35.1 Å². The van der Waals surface area contributed by atoms with Crippen LogP contribution in [0.15, 0.2) is 12.1 Å². The summed E-state index contributed by atoms with van der Waals surface area (Å²) >= 11 is 11.0. The van der Waals surface area contributed by atoms with E-state index in [-0.39, 0.29) is 6.54 Å². The minimum absolute atomic E-state index is 0.183. The fourth-order valence-electron chi connectivity index (χ4n) is 1.34. The first kappa shape index (κ1) is 12.4.